The molecule has 0 fully saturated rings. The van der Waals surface area contributed by atoms with Gasteiger partial charge in [-0.05, 0) is 36.2 Å². The minimum absolute atomic E-state index is 0.0100. The van der Waals surface area contributed by atoms with E-state index in [1.165, 1.54) is 19.2 Å². The van der Waals surface area contributed by atoms with E-state index in [0.29, 0.717) is 6.07 Å². The third-order valence-electron chi connectivity index (χ3n) is 4.70. The van der Waals surface area contributed by atoms with Gasteiger partial charge in [-0.2, -0.15) is 13.2 Å². The fourth-order valence-electron chi connectivity index (χ4n) is 2.95. The molecule has 11 nitrogen and oxygen atoms in total. The standard InChI is InChI=1S/C20H24F3N3O8S/c1-25-17(31)16-10(26-19(24)33)7-13(35-16)8-2-3-12(9(6-8)20(21,22)23)34-18(32)15(30)14(29)11(28)4-5-27/h2-3,6-7,11,14-15,18,27-30,32H,4-5H2,1H3,(H,25,31)(H3,24,26,33). The van der Waals surface area contributed by atoms with Crippen LogP contribution in [0.25, 0.3) is 10.4 Å². The number of ether oxygens (including phenoxy) is 1. The first-order chi connectivity index (χ1) is 16.3. The zero-order chi connectivity index (χ0) is 26.5. The van der Waals surface area contributed by atoms with Crippen molar-refractivity contribution in [1.29, 1.82) is 0 Å². The van der Waals surface area contributed by atoms with Crippen molar-refractivity contribution in [2.24, 2.45) is 5.73 Å². The molecule has 9 N–H and O–H groups in total. The summed E-state index contributed by atoms with van der Waals surface area (Å²) in [4.78, 5) is 23.4. The molecule has 2 aromatic rings. The Morgan fingerprint density at radius 2 is 1.80 bits per heavy atom. The molecule has 0 aliphatic rings. The summed E-state index contributed by atoms with van der Waals surface area (Å²) in [5, 5.41) is 52.6. The second-order valence-corrected chi connectivity index (χ2v) is 8.25. The lowest BCUT2D eigenvalue weighted by atomic mass is 10.0. The van der Waals surface area contributed by atoms with E-state index < -0.39 is 60.6 Å². The molecule has 1 heterocycles. The monoisotopic (exact) mass is 523 g/mol. The number of hydrogen-bond donors (Lipinski definition) is 8. The predicted octanol–water partition coefficient (Wildman–Crippen LogP) is 0.446. The number of primary amides is 1. The maximum atomic E-state index is 13.7. The molecule has 4 atom stereocenters. The van der Waals surface area contributed by atoms with Gasteiger partial charge < -0.3 is 46.6 Å². The maximum absolute atomic E-state index is 13.7. The third kappa shape index (κ3) is 7.03. The number of carbonyl (C=O) groups is 2. The van der Waals surface area contributed by atoms with E-state index in [4.69, 9.17) is 15.6 Å². The Morgan fingerprint density at radius 1 is 1.14 bits per heavy atom. The minimum atomic E-state index is -4.99. The highest BCUT2D eigenvalue weighted by Gasteiger charge is 2.37. The molecule has 3 amide bonds. The number of rotatable bonds is 10. The zero-order valence-corrected chi connectivity index (χ0v) is 18.9. The van der Waals surface area contributed by atoms with Crippen LogP contribution in [0.5, 0.6) is 5.75 Å². The fraction of sp³-hybridized carbons (Fsp3) is 0.400. The molecule has 0 aliphatic heterocycles. The lowest BCUT2D eigenvalue weighted by Gasteiger charge is -2.27. The number of alkyl halides is 3. The summed E-state index contributed by atoms with van der Waals surface area (Å²) < 4.78 is 46.1. The molecule has 0 aliphatic carbocycles. The lowest BCUT2D eigenvalue weighted by Crippen LogP contribution is -2.47. The minimum Gasteiger partial charge on any atom is -0.462 e. The van der Waals surface area contributed by atoms with E-state index in [2.05, 4.69) is 10.6 Å². The molecule has 2 rings (SSSR count). The van der Waals surface area contributed by atoms with Crippen molar-refractivity contribution >= 4 is 29.0 Å². The average molecular weight is 523 g/mol. The summed E-state index contributed by atoms with van der Waals surface area (Å²) in [5.74, 6) is -1.50. The summed E-state index contributed by atoms with van der Waals surface area (Å²) >= 11 is 0.782. The van der Waals surface area contributed by atoms with Crippen LogP contribution in [0.2, 0.25) is 0 Å². The highest BCUT2D eigenvalue weighted by atomic mass is 32.1. The number of nitrogens with one attached hydrogen (secondary N) is 2. The van der Waals surface area contributed by atoms with Crippen molar-refractivity contribution in [2.75, 3.05) is 19.0 Å². The normalized spacial score (nSPS) is 15.1. The number of aliphatic hydroxyl groups is 5. The number of aliphatic hydroxyl groups excluding tert-OH is 5. The highest BCUT2D eigenvalue weighted by molar-refractivity contribution is 7.18. The molecule has 0 spiro atoms. The number of thiophene rings is 1. The van der Waals surface area contributed by atoms with Crippen LogP contribution in [0.1, 0.15) is 21.7 Å². The first kappa shape index (κ1) is 28.3. The molecule has 15 heteroatoms. The second-order valence-electron chi connectivity index (χ2n) is 7.20. The van der Waals surface area contributed by atoms with E-state index >= 15 is 0 Å². The topological polar surface area (TPSA) is 195 Å². The number of amides is 3. The van der Waals surface area contributed by atoms with Gasteiger partial charge in [-0.1, -0.05) is 0 Å². The van der Waals surface area contributed by atoms with Gasteiger partial charge in [0.25, 0.3) is 5.91 Å². The number of nitrogens with two attached hydrogens (primary N) is 1. The molecule has 1 aromatic carbocycles. The number of urea groups is 1. The summed E-state index contributed by atoms with van der Waals surface area (Å²) in [6, 6.07) is 2.96. The molecule has 1 aromatic heterocycles. The van der Waals surface area contributed by atoms with Gasteiger partial charge in [-0.15, -0.1) is 11.3 Å². The van der Waals surface area contributed by atoms with Crippen molar-refractivity contribution in [3.63, 3.8) is 0 Å². The van der Waals surface area contributed by atoms with Crippen LogP contribution in [0.4, 0.5) is 23.7 Å². The number of hydrogen-bond acceptors (Lipinski definition) is 9. The Morgan fingerprint density at radius 3 is 2.34 bits per heavy atom. The van der Waals surface area contributed by atoms with E-state index in [9.17, 15) is 43.2 Å². The van der Waals surface area contributed by atoms with Gasteiger partial charge >= 0.3 is 12.2 Å². The summed E-state index contributed by atoms with van der Waals surface area (Å²) in [7, 11) is 1.32. The fourth-order valence-corrected chi connectivity index (χ4v) is 4.00. The average Bonchev–Trinajstić information content (AvgIpc) is 3.20. The van der Waals surface area contributed by atoms with Gasteiger partial charge in [0.1, 0.15) is 22.8 Å². The van der Waals surface area contributed by atoms with Crippen LogP contribution < -0.4 is 21.1 Å². The van der Waals surface area contributed by atoms with Crippen LogP contribution in [0.3, 0.4) is 0 Å². The van der Waals surface area contributed by atoms with Crippen molar-refractivity contribution in [3.05, 3.63) is 34.7 Å². The molecule has 0 bridgehead atoms. The number of halogens is 3. The number of benzene rings is 1. The molecule has 4 unspecified atom stereocenters. The molecule has 35 heavy (non-hydrogen) atoms. The predicted molar refractivity (Wildman–Crippen MR) is 118 cm³/mol. The summed E-state index contributed by atoms with van der Waals surface area (Å²) in [5.41, 5.74) is 3.69. The van der Waals surface area contributed by atoms with Crippen molar-refractivity contribution in [2.45, 2.75) is 37.2 Å². The highest BCUT2D eigenvalue weighted by Crippen LogP contribution is 2.42. The van der Waals surface area contributed by atoms with Crippen molar-refractivity contribution < 1.29 is 53.0 Å². The Hall–Kier alpha value is -2.95. The van der Waals surface area contributed by atoms with Crippen LogP contribution in [0, 0.1) is 0 Å². The zero-order valence-electron chi connectivity index (χ0n) is 18.1. The molecular weight excluding hydrogens is 499 g/mol. The van der Waals surface area contributed by atoms with Crippen LogP contribution in [-0.2, 0) is 6.18 Å². The van der Waals surface area contributed by atoms with Crippen LogP contribution in [0.15, 0.2) is 24.3 Å². The van der Waals surface area contributed by atoms with Gasteiger partial charge in [0.2, 0.25) is 6.29 Å². The van der Waals surface area contributed by atoms with E-state index in [1.54, 1.807) is 0 Å². The van der Waals surface area contributed by atoms with Gasteiger partial charge in [-0.25, -0.2) is 4.79 Å². The van der Waals surface area contributed by atoms with Gasteiger partial charge in [-0.3, -0.25) is 4.79 Å². The molecule has 194 valence electrons. The molecule has 0 saturated carbocycles. The Bertz CT molecular complexity index is 1050. The van der Waals surface area contributed by atoms with Crippen LogP contribution in [-0.4, -0.2) is 75.7 Å². The second kappa shape index (κ2) is 11.7. The van der Waals surface area contributed by atoms with Crippen molar-refractivity contribution in [3.8, 4) is 16.2 Å². The van der Waals surface area contributed by atoms with Gasteiger partial charge in [0, 0.05) is 18.5 Å². The number of anilines is 1. The molecule has 0 saturated heterocycles. The van der Waals surface area contributed by atoms with Crippen LogP contribution >= 0.6 is 11.3 Å². The largest absolute Gasteiger partial charge is 0.462 e. The maximum Gasteiger partial charge on any atom is 0.419 e. The Labute approximate surface area is 200 Å². The first-order valence-electron chi connectivity index (χ1n) is 9.93. The third-order valence-corrected chi connectivity index (χ3v) is 5.88. The molecular formula is C20H24F3N3O8S. The van der Waals surface area contributed by atoms with Crippen molar-refractivity contribution in [1.82, 2.24) is 5.32 Å². The Kier molecular flexibility index (Phi) is 9.42. The smallest absolute Gasteiger partial charge is 0.419 e. The van der Waals surface area contributed by atoms with E-state index in [-0.39, 0.29) is 27.4 Å². The Balaban J connectivity index is 2.42. The quantitative estimate of drug-likeness (QED) is 0.206. The lowest BCUT2D eigenvalue weighted by molar-refractivity contribution is -0.171. The van der Waals surface area contributed by atoms with Gasteiger partial charge in [0.05, 0.1) is 17.4 Å². The SMILES string of the molecule is CNC(=O)c1sc(-c2ccc(OC(O)C(O)C(O)C(O)CCO)c(C(F)(F)F)c2)cc1NC(N)=O. The summed E-state index contributed by atoms with van der Waals surface area (Å²) in [6.45, 7) is -0.553. The first-order valence-corrected chi connectivity index (χ1v) is 10.8. The van der Waals surface area contributed by atoms with Gasteiger partial charge in [0.15, 0.2) is 0 Å². The molecule has 0 radical (unpaired) electrons. The summed E-state index contributed by atoms with van der Waals surface area (Å²) in [6.07, 6.45) is -13.6. The van der Waals surface area contributed by atoms with E-state index in [1.807, 2.05) is 0 Å². The van der Waals surface area contributed by atoms with E-state index in [0.717, 1.165) is 17.4 Å². The number of carbonyl (C=O) groups excluding carboxylic acids is 2.